The molecule has 108 valence electrons. The second-order valence-corrected chi connectivity index (χ2v) is 6.61. The van der Waals surface area contributed by atoms with Crippen LogP contribution in [-0.4, -0.2) is 35.1 Å². The molecule has 0 radical (unpaired) electrons. The third kappa shape index (κ3) is 2.33. The zero-order chi connectivity index (χ0) is 14.3. The molecule has 1 N–H and O–H groups in total. The van der Waals surface area contributed by atoms with Crippen LogP contribution in [0.25, 0.3) is 0 Å². The number of rotatable bonds is 2. The topological polar surface area (TPSA) is 40.5 Å². The lowest BCUT2D eigenvalue weighted by molar-refractivity contribution is -0.137. The summed E-state index contributed by atoms with van der Waals surface area (Å²) in [6, 6.07) is 7.64. The van der Waals surface area contributed by atoms with Crippen molar-refractivity contribution in [3.63, 3.8) is 0 Å². The highest BCUT2D eigenvalue weighted by Gasteiger charge is 2.53. The molecular formula is C16H20ClNO2. The zero-order valence-corrected chi connectivity index (χ0v) is 12.4. The van der Waals surface area contributed by atoms with E-state index in [1.807, 2.05) is 36.1 Å². The summed E-state index contributed by atoms with van der Waals surface area (Å²) in [6.45, 7) is 3.33. The van der Waals surface area contributed by atoms with Crippen LogP contribution in [0.2, 0.25) is 5.02 Å². The van der Waals surface area contributed by atoms with Gasteiger partial charge in [0.2, 0.25) is 5.91 Å². The number of carbonyl (C=O) groups excluding carboxylic acids is 1. The highest BCUT2D eigenvalue weighted by Crippen LogP contribution is 2.50. The summed E-state index contributed by atoms with van der Waals surface area (Å²) in [5, 5.41) is 10.5. The van der Waals surface area contributed by atoms with E-state index in [0.29, 0.717) is 24.5 Å². The molecule has 1 amide bonds. The van der Waals surface area contributed by atoms with Gasteiger partial charge in [-0.25, -0.2) is 0 Å². The summed E-state index contributed by atoms with van der Waals surface area (Å²) in [5.74, 6) is 0.382. The third-order valence-electron chi connectivity index (χ3n) is 4.70. The number of nitrogens with zero attached hydrogens (tertiary/aromatic N) is 1. The first-order valence-corrected chi connectivity index (χ1v) is 7.64. The van der Waals surface area contributed by atoms with Crippen molar-refractivity contribution in [2.45, 2.75) is 37.7 Å². The SMILES string of the molecule is CC1CN(C(=O)C2(c3ccc(Cl)cc3)CC2)CCC1O. The van der Waals surface area contributed by atoms with Crippen LogP contribution in [0.1, 0.15) is 31.7 Å². The Bertz CT molecular complexity index is 510. The van der Waals surface area contributed by atoms with Gasteiger partial charge in [0, 0.05) is 18.1 Å². The van der Waals surface area contributed by atoms with E-state index in [9.17, 15) is 9.90 Å². The molecular weight excluding hydrogens is 274 g/mol. The van der Waals surface area contributed by atoms with Gasteiger partial charge in [0.15, 0.2) is 0 Å². The van der Waals surface area contributed by atoms with Gasteiger partial charge in [-0.2, -0.15) is 0 Å². The molecule has 0 spiro atoms. The molecule has 1 aliphatic carbocycles. The molecule has 1 aromatic carbocycles. The normalized spacial score (nSPS) is 28.2. The number of amides is 1. The van der Waals surface area contributed by atoms with Crippen LogP contribution in [0.15, 0.2) is 24.3 Å². The van der Waals surface area contributed by atoms with Crippen molar-refractivity contribution in [2.24, 2.45) is 5.92 Å². The lowest BCUT2D eigenvalue weighted by Gasteiger charge is -2.36. The Morgan fingerprint density at radius 3 is 2.55 bits per heavy atom. The fourth-order valence-corrected chi connectivity index (χ4v) is 3.27. The van der Waals surface area contributed by atoms with E-state index in [1.165, 1.54) is 0 Å². The number of aliphatic hydroxyl groups excluding tert-OH is 1. The van der Waals surface area contributed by atoms with Crippen molar-refractivity contribution >= 4 is 17.5 Å². The molecule has 1 aromatic rings. The van der Waals surface area contributed by atoms with Crippen LogP contribution in [-0.2, 0) is 10.2 Å². The van der Waals surface area contributed by atoms with Crippen LogP contribution in [0, 0.1) is 5.92 Å². The molecule has 0 aromatic heterocycles. The summed E-state index contributed by atoms with van der Waals surface area (Å²) in [7, 11) is 0. The molecule has 1 aliphatic heterocycles. The van der Waals surface area contributed by atoms with Crippen molar-refractivity contribution in [3.8, 4) is 0 Å². The molecule has 1 saturated heterocycles. The Morgan fingerprint density at radius 2 is 2.00 bits per heavy atom. The minimum atomic E-state index is -0.327. The Labute approximate surface area is 124 Å². The van der Waals surface area contributed by atoms with Crippen LogP contribution in [0.3, 0.4) is 0 Å². The van der Waals surface area contributed by atoms with Gasteiger partial charge < -0.3 is 10.0 Å². The fourth-order valence-electron chi connectivity index (χ4n) is 3.14. The van der Waals surface area contributed by atoms with E-state index in [2.05, 4.69) is 0 Å². The van der Waals surface area contributed by atoms with Crippen LogP contribution in [0.5, 0.6) is 0 Å². The zero-order valence-electron chi connectivity index (χ0n) is 11.7. The maximum absolute atomic E-state index is 12.8. The molecule has 2 aliphatic rings. The molecule has 4 heteroatoms. The standard InChI is InChI=1S/C16H20ClNO2/c1-11-10-18(9-6-14(11)19)15(20)16(7-8-16)12-2-4-13(17)5-3-12/h2-5,11,14,19H,6-10H2,1H3. The highest BCUT2D eigenvalue weighted by molar-refractivity contribution is 6.30. The van der Waals surface area contributed by atoms with Gasteiger partial charge in [-0.3, -0.25) is 4.79 Å². The van der Waals surface area contributed by atoms with E-state index in [1.54, 1.807) is 0 Å². The third-order valence-corrected chi connectivity index (χ3v) is 4.96. The van der Waals surface area contributed by atoms with Gasteiger partial charge in [-0.15, -0.1) is 0 Å². The predicted octanol–water partition coefficient (Wildman–Crippen LogP) is 2.60. The largest absolute Gasteiger partial charge is 0.393 e. The second-order valence-electron chi connectivity index (χ2n) is 6.17. The van der Waals surface area contributed by atoms with Crippen LogP contribution in [0.4, 0.5) is 0 Å². The van der Waals surface area contributed by atoms with E-state index < -0.39 is 0 Å². The van der Waals surface area contributed by atoms with Crippen molar-refractivity contribution in [2.75, 3.05) is 13.1 Å². The van der Waals surface area contributed by atoms with Gasteiger partial charge in [-0.1, -0.05) is 30.7 Å². The Morgan fingerprint density at radius 1 is 1.35 bits per heavy atom. The van der Waals surface area contributed by atoms with Gasteiger partial charge >= 0.3 is 0 Å². The molecule has 2 atom stereocenters. The summed E-state index contributed by atoms with van der Waals surface area (Å²) in [5.41, 5.74) is 0.748. The van der Waals surface area contributed by atoms with Crippen molar-refractivity contribution in [1.29, 1.82) is 0 Å². The lowest BCUT2D eigenvalue weighted by atomic mass is 9.91. The van der Waals surface area contributed by atoms with Crippen LogP contribution < -0.4 is 0 Å². The lowest BCUT2D eigenvalue weighted by Crippen LogP contribution is -2.48. The maximum atomic E-state index is 12.8. The predicted molar refractivity (Wildman–Crippen MR) is 78.7 cm³/mol. The Hall–Kier alpha value is -1.06. The van der Waals surface area contributed by atoms with Gasteiger partial charge in [-0.05, 0) is 42.9 Å². The monoisotopic (exact) mass is 293 g/mol. The molecule has 1 heterocycles. The average molecular weight is 294 g/mol. The summed E-state index contributed by atoms with van der Waals surface area (Å²) >= 11 is 5.92. The number of aliphatic hydroxyl groups is 1. The van der Waals surface area contributed by atoms with Crippen molar-refractivity contribution < 1.29 is 9.90 Å². The van der Waals surface area contributed by atoms with E-state index >= 15 is 0 Å². The fraction of sp³-hybridized carbons (Fsp3) is 0.562. The maximum Gasteiger partial charge on any atom is 0.233 e. The molecule has 20 heavy (non-hydrogen) atoms. The van der Waals surface area contributed by atoms with E-state index in [4.69, 9.17) is 11.6 Å². The van der Waals surface area contributed by atoms with Gasteiger partial charge in [0.1, 0.15) is 0 Å². The Kier molecular flexibility index (Phi) is 3.51. The first-order valence-electron chi connectivity index (χ1n) is 7.26. The molecule has 0 bridgehead atoms. The van der Waals surface area contributed by atoms with Crippen molar-refractivity contribution in [1.82, 2.24) is 4.90 Å². The molecule has 3 rings (SSSR count). The second kappa shape index (κ2) is 5.05. The van der Waals surface area contributed by atoms with E-state index in [0.717, 1.165) is 18.4 Å². The smallest absolute Gasteiger partial charge is 0.233 e. The quantitative estimate of drug-likeness (QED) is 0.910. The molecule has 2 fully saturated rings. The number of piperidine rings is 1. The summed E-state index contributed by atoms with van der Waals surface area (Å²) in [4.78, 5) is 14.8. The number of likely N-dealkylation sites (tertiary alicyclic amines) is 1. The minimum Gasteiger partial charge on any atom is -0.393 e. The van der Waals surface area contributed by atoms with Crippen LogP contribution >= 0.6 is 11.6 Å². The minimum absolute atomic E-state index is 0.161. The number of benzene rings is 1. The van der Waals surface area contributed by atoms with Crippen molar-refractivity contribution in [3.05, 3.63) is 34.9 Å². The first kappa shape index (κ1) is 13.9. The number of halogens is 1. The summed E-state index contributed by atoms with van der Waals surface area (Å²) < 4.78 is 0. The Balaban J connectivity index is 1.78. The summed E-state index contributed by atoms with van der Waals surface area (Å²) in [6.07, 6.45) is 2.25. The number of carbonyl (C=O) groups is 1. The molecule has 3 nitrogen and oxygen atoms in total. The average Bonchev–Trinajstić information content (AvgIpc) is 3.23. The van der Waals surface area contributed by atoms with Gasteiger partial charge in [0.05, 0.1) is 11.5 Å². The number of hydrogen-bond donors (Lipinski definition) is 1. The van der Waals surface area contributed by atoms with Gasteiger partial charge in [0.25, 0.3) is 0 Å². The first-order chi connectivity index (χ1) is 9.53. The molecule has 1 saturated carbocycles. The number of hydrogen-bond acceptors (Lipinski definition) is 2. The highest BCUT2D eigenvalue weighted by atomic mass is 35.5. The molecule has 2 unspecified atom stereocenters. The van der Waals surface area contributed by atoms with E-state index in [-0.39, 0.29) is 23.3 Å².